The molecule has 0 saturated heterocycles. The second-order valence-electron chi connectivity index (χ2n) is 2.41. The van der Waals surface area contributed by atoms with Crippen molar-refractivity contribution >= 4 is 28.9 Å². The average molecular weight is 227 g/mol. The maximum Gasteiger partial charge on any atom is 0.309 e. The molecule has 0 saturated carbocycles. The Morgan fingerprint density at radius 2 is 2.31 bits per heavy atom. The van der Waals surface area contributed by atoms with Crippen molar-refractivity contribution in [2.75, 3.05) is 0 Å². The van der Waals surface area contributed by atoms with E-state index in [0.717, 1.165) is 22.8 Å². The monoisotopic (exact) mass is 226 g/mol. The van der Waals surface area contributed by atoms with Crippen LogP contribution < -0.4 is 0 Å². The maximum atomic E-state index is 13.0. The van der Waals surface area contributed by atoms with E-state index < -0.39 is 18.3 Å². The summed E-state index contributed by atoms with van der Waals surface area (Å²) in [6, 6.07) is 1.08. The standard InChI is InChI=1S/C7H5ClF2O2S/c8-5-1-4(3-13-5)7(9,10)2-6(11)12/h1,3H,2H2,(H,11,12). The lowest BCUT2D eigenvalue weighted by Gasteiger charge is -2.11. The summed E-state index contributed by atoms with van der Waals surface area (Å²) in [5.41, 5.74) is -0.343. The molecule has 6 heteroatoms. The number of halogens is 3. The molecule has 72 valence electrons. The first-order valence-electron chi connectivity index (χ1n) is 3.26. The molecule has 0 fully saturated rings. The zero-order valence-corrected chi connectivity index (χ0v) is 7.83. The van der Waals surface area contributed by atoms with Crippen molar-refractivity contribution in [3.63, 3.8) is 0 Å². The molecule has 0 radical (unpaired) electrons. The van der Waals surface area contributed by atoms with Gasteiger partial charge < -0.3 is 5.11 Å². The van der Waals surface area contributed by atoms with Gasteiger partial charge in [0.2, 0.25) is 0 Å². The molecule has 13 heavy (non-hydrogen) atoms. The average Bonchev–Trinajstić information content (AvgIpc) is 2.32. The fraction of sp³-hybridized carbons (Fsp3) is 0.286. The second-order valence-corrected chi connectivity index (χ2v) is 3.96. The Balaban J connectivity index is 2.86. The number of hydrogen-bond donors (Lipinski definition) is 1. The van der Waals surface area contributed by atoms with E-state index in [2.05, 4.69) is 0 Å². The fourth-order valence-electron chi connectivity index (χ4n) is 0.794. The Kier molecular flexibility index (Phi) is 2.87. The van der Waals surface area contributed by atoms with E-state index in [0.29, 0.717) is 0 Å². The van der Waals surface area contributed by atoms with Gasteiger partial charge in [-0.2, -0.15) is 0 Å². The Morgan fingerprint density at radius 1 is 1.69 bits per heavy atom. The van der Waals surface area contributed by atoms with Crippen LogP contribution in [0.25, 0.3) is 0 Å². The van der Waals surface area contributed by atoms with Gasteiger partial charge in [0.1, 0.15) is 6.42 Å². The molecule has 0 bridgehead atoms. The predicted molar refractivity (Wildman–Crippen MR) is 45.5 cm³/mol. The van der Waals surface area contributed by atoms with Crippen molar-refractivity contribution in [1.82, 2.24) is 0 Å². The Labute approximate surface area is 81.8 Å². The molecule has 0 spiro atoms. The Bertz CT molecular complexity index is 324. The smallest absolute Gasteiger partial charge is 0.309 e. The minimum Gasteiger partial charge on any atom is -0.481 e. The molecule has 0 aromatic carbocycles. The van der Waals surface area contributed by atoms with Gasteiger partial charge >= 0.3 is 5.97 Å². The van der Waals surface area contributed by atoms with Crippen molar-refractivity contribution in [2.45, 2.75) is 12.3 Å². The molecule has 1 aromatic rings. The fourth-order valence-corrected chi connectivity index (χ4v) is 1.72. The van der Waals surface area contributed by atoms with Crippen LogP contribution in [0.1, 0.15) is 12.0 Å². The van der Waals surface area contributed by atoms with Gasteiger partial charge in [-0.3, -0.25) is 4.79 Å². The van der Waals surface area contributed by atoms with E-state index in [1.54, 1.807) is 0 Å². The lowest BCUT2D eigenvalue weighted by molar-refractivity contribution is -0.145. The summed E-state index contributed by atoms with van der Waals surface area (Å²) >= 11 is 6.39. The van der Waals surface area contributed by atoms with Crippen LogP contribution in [0.2, 0.25) is 4.34 Å². The molecular formula is C7H5ClF2O2S. The number of rotatable bonds is 3. The van der Waals surface area contributed by atoms with Crippen molar-refractivity contribution in [3.05, 3.63) is 21.3 Å². The predicted octanol–water partition coefficient (Wildman–Crippen LogP) is 2.97. The highest BCUT2D eigenvalue weighted by Gasteiger charge is 2.35. The van der Waals surface area contributed by atoms with E-state index in [9.17, 15) is 13.6 Å². The highest BCUT2D eigenvalue weighted by atomic mass is 35.5. The molecule has 0 amide bonds. The lowest BCUT2D eigenvalue weighted by atomic mass is 10.1. The summed E-state index contributed by atoms with van der Waals surface area (Å²) in [7, 11) is 0. The maximum absolute atomic E-state index is 13.0. The molecule has 0 aliphatic heterocycles. The molecule has 0 atom stereocenters. The highest BCUT2D eigenvalue weighted by molar-refractivity contribution is 7.14. The number of thiophene rings is 1. The van der Waals surface area contributed by atoms with Crippen molar-refractivity contribution in [1.29, 1.82) is 0 Å². The van der Waals surface area contributed by atoms with E-state index >= 15 is 0 Å². The van der Waals surface area contributed by atoms with Crippen LogP contribution >= 0.6 is 22.9 Å². The molecule has 0 aliphatic rings. The van der Waals surface area contributed by atoms with E-state index in [4.69, 9.17) is 16.7 Å². The van der Waals surface area contributed by atoms with Gasteiger partial charge in [0.15, 0.2) is 0 Å². The molecule has 1 heterocycles. The highest BCUT2D eigenvalue weighted by Crippen LogP contribution is 2.35. The van der Waals surface area contributed by atoms with E-state index in [-0.39, 0.29) is 9.90 Å². The molecule has 1 aromatic heterocycles. The number of hydrogen-bond acceptors (Lipinski definition) is 2. The van der Waals surface area contributed by atoms with Gasteiger partial charge in [-0.25, -0.2) is 8.78 Å². The summed E-state index contributed by atoms with van der Waals surface area (Å²) < 4.78 is 26.2. The topological polar surface area (TPSA) is 37.3 Å². The number of carboxylic acid groups (broad SMARTS) is 1. The summed E-state index contributed by atoms with van der Waals surface area (Å²) in [6.07, 6.45) is -1.21. The van der Waals surface area contributed by atoms with Gasteiger partial charge in [-0.05, 0) is 6.07 Å². The van der Waals surface area contributed by atoms with E-state index in [1.165, 1.54) is 0 Å². The third kappa shape index (κ3) is 2.63. The second kappa shape index (κ2) is 3.59. The van der Waals surface area contributed by atoms with Crippen LogP contribution in [0.5, 0.6) is 0 Å². The quantitative estimate of drug-likeness (QED) is 0.860. The van der Waals surface area contributed by atoms with Gasteiger partial charge in [0.05, 0.1) is 4.34 Å². The van der Waals surface area contributed by atoms with Crippen LogP contribution in [0.4, 0.5) is 8.78 Å². The van der Waals surface area contributed by atoms with E-state index in [1.807, 2.05) is 0 Å². The van der Waals surface area contributed by atoms with Gasteiger partial charge in [0.25, 0.3) is 5.92 Å². The zero-order valence-electron chi connectivity index (χ0n) is 6.26. The van der Waals surface area contributed by atoms with Crippen LogP contribution in [0.15, 0.2) is 11.4 Å². The third-order valence-corrected chi connectivity index (χ3v) is 2.45. The molecule has 0 aliphatic carbocycles. The summed E-state index contributed by atoms with van der Waals surface area (Å²) in [6.45, 7) is 0. The lowest BCUT2D eigenvalue weighted by Crippen LogP contribution is -2.17. The first-order chi connectivity index (χ1) is 5.92. The van der Waals surface area contributed by atoms with Crippen molar-refractivity contribution in [3.8, 4) is 0 Å². The Morgan fingerprint density at radius 3 is 2.69 bits per heavy atom. The van der Waals surface area contributed by atoms with Crippen LogP contribution in [-0.4, -0.2) is 11.1 Å². The third-order valence-electron chi connectivity index (χ3n) is 1.36. The number of carbonyl (C=O) groups is 1. The first kappa shape index (κ1) is 10.4. The molecule has 2 nitrogen and oxygen atoms in total. The minimum absolute atomic E-state index is 0.222. The van der Waals surface area contributed by atoms with Crippen LogP contribution in [-0.2, 0) is 10.7 Å². The summed E-state index contributed by atoms with van der Waals surface area (Å²) in [5.74, 6) is -4.87. The molecule has 1 N–H and O–H groups in total. The number of aliphatic carboxylic acids is 1. The first-order valence-corrected chi connectivity index (χ1v) is 4.52. The van der Waals surface area contributed by atoms with Crippen molar-refractivity contribution < 1.29 is 18.7 Å². The SMILES string of the molecule is O=C(O)CC(F)(F)c1csc(Cl)c1. The summed E-state index contributed by atoms with van der Waals surface area (Å²) in [4.78, 5) is 10.1. The molecule has 0 unspecified atom stereocenters. The normalized spacial score (nSPS) is 11.6. The summed E-state index contributed by atoms with van der Waals surface area (Å²) in [5, 5.41) is 9.37. The van der Waals surface area contributed by atoms with Crippen LogP contribution in [0.3, 0.4) is 0 Å². The number of carboxylic acids is 1. The minimum atomic E-state index is -3.34. The zero-order chi connectivity index (χ0) is 10.1. The van der Waals surface area contributed by atoms with Gasteiger partial charge in [-0.15, -0.1) is 11.3 Å². The van der Waals surface area contributed by atoms with Gasteiger partial charge in [-0.1, -0.05) is 11.6 Å². The number of alkyl halides is 2. The van der Waals surface area contributed by atoms with Crippen molar-refractivity contribution in [2.24, 2.45) is 0 Å². The molecular weight excluding hydrogens is 222 g/mol. The largest absolute Gasteiger partial charge is 0.481 e. The van der Waals surface area contributed by atoms with Crippen LogP contribution in [0, 0.1) is 0 Å². The van der Waals surface area contributed by atoms with Gasteiger partial charge in [0, 0.05) is 10.9 Å². The molecule has 1 rings (SSSR count). The Hall–Kier alpha value is -0.680.